The second-order valence-corrected chi connectivity index (χ2v) is 14.3. The molecule has 1 unspecified atom stereocenters. The Bertz CT molecular complexity index is 1540. The molecule has 0 saturated carbocycles. The van der Waals surface area contributed by atoms with Crippen LogP contribution < -0.4 is 0 Å². The van der Waals surface area contributed by atoms with Crippen molar-refractivity contribution in [2.75, 3.05) is 13.1 Å². The van der Waals surface area contributed by atoms with Crippen molar-refractivity contribution in [1.82, 2.24) is 20.1 Å². The number of rotatable bonds is 6. The summed E-state index contributed by atoms with van der Waals surface area (Å²) in [6.45, 7) is 6.15. The monoisotopic (exact) mass is 652 g/mol. The summed E-state index contributed by atoms with van der Waals surface area (Å²) in [7, 11) is -3.82. The lowest BCUT2D eigenvalue weighted by Gasteiger charge is -2.37. The lowest BCUT2D eigenvalue weighted by molar-refractivity contribution is 0.00598. The standard InChI is InChI=1S/C25H25IN4O5S2/c1-25(2,3)35-24(31)30-12-16(13-30)21-28-29-22(34-21)20(37(32,33)14-15-7-5-4-6-8-15)23-27-18-10-9-17(26)11-19(18)36-23/h4-11,16,20H,12-14H2,1-3H3. The topological polar surface area (TPSA) is 115 Å². The first-order valence-electron chi connectivity index (χ1n) is 11.6. The van der Waals surface area contributed by atoms with E-state index in [0.29, 0.717) is 35.1 Å². The number of halogens is 1. The first-order chi connectivity index (χ1) is 17.5. The minimum atomic E-state index is -3.82. The van der Waals surface area contributed by atoms with E-state index in [1.54, 1.807) is 29.2 Å². The fraction of sp³-hybridized carbons (Fsp3) is 0.360. The van der Waals surface area contributed by atoms with Gasteiger partial charge in [0.1, 0.15) is 10.6 Å². The number of hydrogen-bond acceptors (Lipinski definition) is 9. The van der Waals surface area contributed by atoms with Gasteiger partial charge in [-0.15, -0.1) is 21.5 Å². The summed E-state index contributed by atoms with van der Waals surface area (Å²) >= 11 is 3.52. The van der Waals surface area contributed by atoms with Crippen molar-refractivity contribution in [2.24, 2.45) is 0 Å². The summed E-state index contributed by atoms with van der Waals surface area (Å²) in [5, 5.41) is 7.49. The molecular formula is C25H25IN4O5S2. The molecule has 12 heteroatoms. The molecule has 37 heavy (non-hydrogen) atoms. The highest BCUT2D eigenvalue weighted by atomic mass is 127. The number of fused-ring (bicyclic) bond motifs is 1. The van der Waals surface area contributed by atoms with Crippen LogP contribution in [0.3, 0.4) is 0 Å². The largest absolute Gasteiger partial charge is 0.444 e. The van der Waals surface area contributed by atoms with E-state index in [-0.39, 0.29) is 17.6 Å². The maximum absolute atomic E-state index is 13.7. The minimum absolute atomic E-state index is 0.0181. The van der Waals surface area contributed by atoms with Gasteiger partial charge in [0.2, 0.25) is 11.8 Å². The van der Waals surface area contributed by atoms with Crippen molar-refractivity contribution in [1.29, 1.82) is 0 Å². The molecule has 0 spiro atoms. The highest BCUT2D eigenvalue weighted by molar-refractivity contribution is 14.1. The Morgan fingerprint density at radius 1 is 1.19 bits per heavy atom. The van der Waals surface area contributed by atoms with Gasteiger partial charge in [-0.2, -0.15) is 0 Å². The van der Waals surface area contributed by atoms with Gasteiger partial charge in [-0.3, -0.25) is 0 Å². The molecule has 1 fully saturated rings. The Morgan fingerprint density at radius 3 is 2.62 bits per heavy atom. The average molecular weight is 653 g/mol. The molecule has 1 saturated heterocycles. The van der Waals surface area contributed by atoms with Crippen LogP contribution in [0.25, 0.3) is 10.2 Å². The van der Waals surface area contributed by atoms with Gasteiger partial charge in [0.05, 0.1) is 21.9 Å². The van der Waals surface area contributed by atoms with Gasteiger partial charge in [-0.25, -0.2) is 18.2 Å². The first kappa shape index (κ1) is 26.0. The van der Waals surface area contributed by atoms with Crippen LogP contribution in [0.15, 0.2) is 52.9 Å². The van der Waals surface area contributed by atoms with Gasteiger partial charge in [0.15, 0.2) is 15.1 Å². The zero-order valence-corrected chi connectivity index (χ0v) is 24.2. The number of aromatic nitrogens is 3. The van der Waals surface area contributed by atoms with E-state index >= 15 is 0 Å². The van der Waals surface area contributed by atoms with Gasteiger partial charge >= 0.3 is 6.09 Å². The second-order valence-electron chi connectivity index (χ2n) is 9.90. The number of carbonyl (C=O) groups excluding carboxylic acids is 1. The molecule has 0 radical (unpaired) electrons. The number of carbonyl (C=O) groups is 1. The maximum atomic E-state index is 13.7. The molecule has 1 atom stereocenters. The third-order valence-corrected chi connectivity index (χ3v) is 9.51. The van der Waals surface area contributed by atoms with Crippen molar-refractivity contribution < 1.29 is 22.4 Å². The van der Waals surface area contributed by atoms with Gasteiger partial charge in [-0.1, -0.05) is 30.3 Å². The van der Waals surface area contributed by atoms with Crippen LogP contribution in [-0.2, 0) is 20.3 Å². The SMILES string of the molecule is CC(C)(C)OC(=O)N1CC(c2nnc(C(c3nc4ccc(I)cc4s3)S(=O)(=O)Cc3ccccc3)o2)C1. The second kappa shape index (κ2) is 9.95. The van der Waals surface area contributed by atoms with Gasteiger partial charge < -0.3 is 14.1 Å². The van der Waals surface area contributed by atoms with E-state index < -0.39 is 26.8 Å². The van der Waals surface area contributed by atoms with Crippen LogP contribution in [0.2, 0.25) is 0 Å². The Kier molecular flexibility index (Phi) is 7.00. The van der Waals surface area contributed by atoms with Crippen LogP contribution in [0.5, 0.6) is 0 Å². The van der Waals surface area contributed by atoms with Gasteiger partial charge in [-0.05, 0) is 67.1 Å². The number of hydrogen-bond donors (Lipinski definition) is 0. The summed E-state index contributed by atoms with van der Waals surface area (Å²) in [4.78, 5) is 18.5. The molecule has 0 aliphatic carbocycles. The fourth-order valence-electron chi connectivity index (χ4n) is 3.96. The predicted molar refractivity (Wildman–Crippen MR) is 148 cm³/mol. The van der Waals surface area contributed by atoms with Crippen molar-refractivity contribution in [3.05, 3.63) is 74.5 Å². The zero-order valence-electron chi connectivity index (χ0n) is 20.4. The van der Waals surface area contributed by atoms with E-state index in [2.05, 4.69) is 37.8 Å². The molecule has 5 rings (SSSR count). The molecule has 3 heterocycles. The Labute approximate surface area is 232 Å². The molecular weight excluding hydrogens is 627 g/mol. The minimum Gasteiger partial charge on any atom is -0.444 e. The number of sulfone groups is 1. The Hall–Kier alpha value is -2.58. The lowest BCUT2D eigenvalue weighted by atomic mass is 10.0. The molecule has 2 aromatic heterocycles. The maximum Gasteiger partial charge on any atom is 0.410 e. The molecule has 1 aliphatic rings. The number of amides is 1. The fourth-order valence-corrected chi connectivity index (χ4v) is 7.81. The van der Waals surface area contributed by atoms with Crippen molar-refractivity contribution in [3.63, 3.8) is 0 Å². The first-order valence-corrected chi connectivity index (χ1v) is 15.2. The van der Waals surface area contributed by atoms with Crippen LogP contribution >= 0.6 is 33.9 Å². The highest BCUT2D eigenvalue weighted by Crippen LogP contribution is 2.38. The number of benzene rings is 2. The Morgan fingerprint density at radius 2 is 1.92 bits per heavy atom. The van der Waals surface area contributed by atoms with E-state index in [0.717, 1.165) is 8.27 Å². The smallest absolute Gasteiger partial charge is 0.410 e. The van der Waals surface area contributed by atoms with Crippen LogP contribution in [0, 0.1) is 3.57 Å². The number of nitrogens with zero attached hydrogens (tertiary/aromatic N) is 4. The predicted octanol–water partition coefficient (Wildman–Crippen LogP) is 5.32. The molecule has 0 bridgehead atoms. The molecule has 1 aliphatic heterocycles. The van der Waals surface area contributed by atoms with E-state index in [9.17, 15) is 13.2 Å². The van der Waals surface area contributed by atoms with Crippen LogP contribution in [-0.4, -0.2) is 53.3 Å². The van der Waals surface area contributed by atoms with E-state index in [4.69, 9.17) is 9.15 Å². The lowest BCUT2D eigenvalue weighted by Crippen LogP contribution is -2.50. The molecule has 9 nitrogen and oxygen atoms in total. The summed E-state index contributed by atoms with van der Waals surface area (Å²) < 4.78 is 40.8. The average Bonchev–Trinajstić information content (AvgIpc) is 3.38. The van der Waals surface area contributed by atoms with Crippen molar-refractivity contribution in [3.8, 4) is 0 Å². The summed E-state index contributed by atoms with van der Waals surface area (Å²) in [5.41, 5.74) is 0.789. The van der Waals surface area contributed by atoms with E-state index in [1.165, 1.54) is 11.3 Å². The van der Waals surface area contributed by atoms with Crippen molar-refractivity contribution >= 4 is 60.1 Å². The molecule has 194 valence electrons. The molecule has 2 aromatic carbocycles. The number of thiazole rings is 1. The number of ether oxygens (including phenoxy) is 1. The third-order valence-electron chi connectivity index (χ3n) is 5.72. The summed E-state index contributed by atoms with van der Waals surface area (Å²) in [6.07, 6.45) is -0.407. The summed E-state index contributed by atoms with van der Waals surface area (Å²) in [6, 6.07) is 14.8. The Balaban J connectivity index is 1.44. The van der Waals surface area contributed by atoms with Crippen molar-refractivity contribution in [2.45, 2.75) is 43.3 Å². The molecule has 0 N–H and O–H groups in total. The van der Waals surface area contributed by atoms with Gasteiger partial charge in [0.25, 0.3) is 0 Å². The molecule has 1 amide bonds. The quantitative estimate of drug-likeness (QED) is 0.257. The normalized spacial score (nSPS) is 15.5. The van der Waals surface area contributed by atoms with E-state index in [1.807, 2.05) is 45.0 Å². The molecule has 4 aromatic rings. The highest BCUT2D eigenvalue weighted by Gasteiger charge is 2.41. The van der Waals surface area contributed by atoms with Gasteiger partial charge in [0, 0.05) is 16.7 Å². The third kappa shape index (κ3) is 5.80. The summed E-state index contributed by atoms with van der Waals surface area (Å²) in [5.74, 6) is -0.108. The van der Waals surface area contributed by atoms with Crippen LogP contribution in [0.4, 0.5) is 4.79 Å². The zero-order chi connectivity index (χ0) is 26.4. The van der Waals surface area contributed by atoms with Crippen LogP contribution in [0.1, 0.15) is 54.3 Å². The number of likely N-dealkylation sites (tertiary alicyclic amines) is 1.